The molecule has 0 aliphatic carbocycles. The van der Waals surface area contributed by atoms with Crippen LogP contribution in [0.15, 0.2) is 36.8 Å². The molecule has 5 heteroatoms. The van der Waals surface area contributed by atoms with Crippen molar-refractivity contribution in [2.45, 2.75) is 19.5 Å². The average molecular weight is 232 g/mol. The normalized spacial score (nSPS) is 12.4. The lowest BCUT2D eigenvalue weighted by molar-refractivity contribution is 0.553. The number of aromatic nitrogens is 3. The maximum absolute atomic E-state index is 13.0. The van der Waals surface area contributed by atoms with E-state index in [-0.39, 0.29) is 11.9 Å². The van der Waals surface area contributed by atoms with E-state index in [0.29, 0.717) is 6.54 Å². The predicted octanol–water partition coefficient (Wildman–Crippen LogP) is 1.86. The summed E-state index contributed by atoms with van der Waals surface area (Å²) < 4.78 is 13.0. The lowest BCUT2D eigenvalue weighted by Gasteiger charge is -2.13. The molecule has 0 saturated heterocycles. The zero-order valence-electron chi connectivity index (χ0n) is 9.47. The molecule has 2 aromatic rings. The van der Waals surface area contributed by atoms with Crippen LogP contribution < -0.4 is 5.32 Å². The smallest absolute Gasteiger partial charge is 0.141 e. The first-order chi connectivity index (χ1) is 8.25. The van der Waals surface area contributed by atoms with Gasteiger partial charge in [0.1, 0.15) is 5.82 Å². The van der Waals surface area contributed by atoms with E-state index in [0.717, 1.165) is 11.3 Å². The molecule has 0 saturated carbocycles. The van der Waals surface area contributed by atoms with Crippen molar-refractivity contribution in [1.82, 2.24) is 20.5 Å². The first kappa shape index (κ1) is 11.6. The summed E-state index contributed by atoms with van der Waals surface area (Å²) in [4.78, 5) is 3.82. The maximum atomic E-state index is 13.0. The topological polar surface area (TPSA) is 50.7 Å². The summed E-state index contributed by atoms with van der Waals surface area (Å²) >= 11 is 0. The molecule has 1 N–H and O–H groups in total. The standard InChI is InChI=1S/C12H13FN4/c1-9(10-5-11(13)7-14-6-10)15-8-12-3-2-4-16-17-12/h2-7,9,15H,8H2,1H3. The van der Waals surface area contributed by atoms with Crippen molar-refractivity contribution in [3.8, 4) is 0 Å². The highest BCUT2D eigenvalue weighted by Gasteiger charge is 2.06. The van der Waals surface area contributed by atoms with Gasteiger partial charge in [-0.25, -0.2) is 4.39 Å². The number of halogens is 1. The highest BCUT2D eigenvalue weighted by Crippen LogP contribution is 2.12. The van der Waals surface area contributed by atoms with Crippen molar-refractivity contribution in [2.24, 2.45) is 0 Å². The number of rotatable bonds is 4. The van der Waals surface area contributed by atoms with Gasteiger partial charge < -0.3 is 5.32 Å². The SMILES string of the molecule is CC(NCc1cccnn1)c1cncc(F)c1. The van der Waals surface area contributed by atoms with Crippen LogP contribution in [0.25, 0.3) is 0 Å². The molecule has 0 spiro atoms. The van der Waals surface area contributed by atoms with Crippen LogP contribution in [0.5, 0.6) is 0 Å². The third kappa shape index (κ3) is 3.29. The second-order valence-electron chi connectivity index (χ2n) is 3.75. The van der Waals surface area contributed by atoms with Crippen LogP contribution in [0.2, 0.25) is 0 Å². The van der Waals surface area contributed by atoms with Crippen molar-refractivity contribution in [3.05, 3.63) is 53.9 Å². The summed E-state index contributed by atoms with van der Waals surface area (Å²) in [5.74, 6) is -0.323. The fourth-order valence-corrected chi connectivity index (χ4v) is 1.47. The van der Waals surface area contributed by atoms with Crippen LogP contribution in [0, 0.1) is 5.82 Å². The van der Waals surface area contributed by atoms with E-state index in [4.69, 9.17) is 0 Å². The fraction of sp³-hybridized carbons (Fsp3) is 0.250. The van der Waals surface area contributed by atoms with Gasteiger partial charge >= 0.3 is 0 Å². The molecule has 1 unspecified atom stereocenters. The Morgan fingerprint density at radius 2 is 2.29 bits per heavy atom. The first-order valence-corrected chi connectivity index (χ1v) is 5.36. The van der Waals surface area contributed by atoms with Gasteiger partial charge in [-0.1, -0.05) is 0 Å². The maximum Gasteiger partial charge on any atom is 0.141 e. The monoisotopic (exact) mass is 232 g/mol. The minimum Gasteiger partial charge on any atom is -0.304 e. The Morgan fingerprint density at radius 3 is 3.00 bits per heavy atom. The van der Waals surface area contributed by atoms with Gasteiger partial charge in [-0.05, 0) is 30.7 Å². The summed E-state index contributed by atoms with van der Waals surface area (Å²) in [7, 11) is 0. The predicted molar refractivity (Wildman–Crippen MR) is 61.5 cm³/mol. The summed E-state index contributed by atoms with van der Waals surface area (Å²) in [5.41, 5.74) is 1.66. The summed E-state index contributed by atoms with van der Waals surface area (Å²) in [6.45, 7) is 2.54. The molecule has 2 aromatic heterocycles. The van der Waals surface area contributed by atoms with Gasteiger partial charge in [0, 0.05) is 25.0 Å². The molecule has 17 heavy (non-hydrogen) atoms. The van der Waals surface area contributed by atoms with Gasteiger partial charge in [0.2, 0.25) is 0 Å². The summed E-state index contributed by atoms with van der Waals surface area (Å²) in [6, 6.07) is 5.20. The molecule has 0 radical (unpaired) electrons. The van der Waals surface area contributed by atoms with Crippen molar-refractivity contribution in [1.29, 1.82) is 0 Å². The third-order valence-electron chi connectivity index (χ3n) is 2.44. The van der Waals surface area contributed by atoms with Crippen LogP contribution in [-0.2, 0) is 6.54 Å². The van der Waals surface area contributed by atoms with Crippen LogP contribution in [0.1, 0.15) is 24.2 Å². The van der Waals surface area contributed by atoms with E-state index >= 15 is 0 Å². The molecular weight excluding hydrogens is 219 g/mol. The quantitative estimate of drug-likeness (QED) is 0.874. The number of hydrogen-bond donors (Lipinski definition) is 1. The van der Waals surface area contributed by atoms with Crippen molar-refractivity contribution >= 4 is 0 Å². The highest BCUT2D eigenvalue weighted by molar-refractivity contribution is 5.14. The van der Waals surface area contributed by atoms with Crippen LogP contribution in [0.4, 0.5) is 4.39 Å². The third-order valence-corrected chi connectivity index (χ3v) is 2.44. The second-order valence-corrected chi connectivity index (χ2v) is 3.75. The van der Waals surface area contributed by atoms with E-state index in [9.17, 15) is 4.39 Å². The van der Waals surface area contributed by atoms with E-state index in [1.54, 1.807) is 12.4 Å². The molecule has 0 amide bonds. The Kier molecular flexibility index (Phi) is 3.72. The Labute approximate surface area is 98.9 Å². The van der Waals surface area contributed by atoms with Crippen molar-refractivity contribution in [2.75, 3.05) is 0 Å². The van der Waals surface area contributed by atoms with Gasteiger partial charge in [-0.3, -0.25) is 4.98 Å². The molecule has 1 atom stereocenters. The molecule has 88 valence electrons. The van der Waals surface area contributed by atoms with Crippen molar-refractivity contribution in [3.63, 3.8) is 0 Å². The van der Waals surface area contributed by atoms with Crippen LogP contribution >= 0.6 is 0 Å². The number of nitrogens with zero attached hydrogens (tertiary/aromatic N) is 3. The first-order valence-electron chi connectivity index (χ1n) is 5.36. The molecular formula is C12H13FN4. The molecule has 2 heterocycles. The molecule has 4 nitrogen and oxygen atoms in total. The minimum absolute atomic E-state index is 0.0141. The zero-order chi connectivity index (χ0) is 12.1. The van der Waals surface area contributed by atoms with Crippen molar-refractivity contribution < 1.29 is 4.39 Å². The lowest BCUT2D eigenvalue weighted by Crippen LogP contribution is -2.19. The number of hydrogen-bond acceptors (Lipinski definition) is 4. The van der Waals surface area contributed by atoms with E-state index in [1.165, 1.54) is 12.3 Å². The van der Waals surface area contributed by atoms with Gasteiger partial charge in [0.15, 0.2) is 0 Å². The second kappa shape index (κ2) is 5.45. The molecule has 0 aliphatic heterocycles. The van der Waals surface area contributed by atoms with E-state index in [1.807, 2.05) is 19.1 Å². The minimum atomic E-state index is -0.323. The molecule has 0 fully saturated rings. The lowest BCUT2D eigenvalue weighted by atomic mass is 10.1. The van der Waals surface area contributed by atoms with E-state index < -0.39 is 0 Å². The Morgan fingerprint density at radius 1 is 1.41 bits per heavy atom. The van der Waals surface area contributed by atoms with Gasteiger partial charge in [-0.2, -0.15) is 10.2 Å². The Hall–Kier alpha value is -1.88. The van der Waals surface area contributed by atoms with E-state index in [2.05, 4.69) is 20.5 Å². The number of pyridine rings is 1. The molecule has 0 aliphatic rings. The fourth-order valence-electron chi connectivity index (χ4n) is 1.47. The molecule has 0 aromatic carbocycles. The zero-order valence-corrected chi connectivity index (χ0v) is 9.47. The molecule has 2 rings (SSSR count). The van der Waals surface area contributed by atoms with Gasteiger partial charge in [0.25, 0.3) is 0 Å². The summed E-state index contributed by atoms with van der Waals surface area (Å²) in [6.07, 6.45) is 4.47. The summed E-state index contributed by atoms with van der Waals surface area (Å²) in [5, 5.41) is 11.0. The highest BCUT2D eigenvalue weighted by atomic mass is 19.1. The number of nitrogens with one attached hydrogen (secondary N) is 1. The Bertz CT molecular complexity index is 475. The van der Waals surface area contributed by atoms with Gasteiger partial charge in [-0.15, -0.1) is 0 Å². The van der Waals surface area contributed by atoms with Crippen LogP contribution in [0.3, 0.4) is 0 Å². The van der Waals surface area contributed by atoms with Crippen LogP contribution in [-0.4, -0.2) is 15.2 Å². The average Bonchev–Trinajstić information content (AvgIpc) is 2.37. The molecule has 0 bridgehead atoms. The Balaban J connectivity index is 1.96. The van der Waals surface area contributed by atoms with Gasteiger partial charge in [0.05, 0.1) is 11.9 Å². The largest absolute Gasteiger partial charge is 0.304 e.